The standard InChI is InChI=1S/C22H24N2OS/c1-16-6-8-18(9-7-16)26-15-22(25)24-12-10-17(11-13-24)20-14-23-21-5-3-2-4-19(20)21/h2-9,14,17,23H,10-13,15H2,1H3. The van der Waals surface area contributed by atoms with Crippen LogP contribution < -0.4 is 0 Å². The first-order chi connectivity index (χ1) is 12.7. The Bertz CT molecular complexity index is 892. The summed E-state index contributed by atoms with van der Waals surface area (Å²) >= 11 is 1.64. The second kappa shape index (κ2) is 7.58. The first kappa shape index (κ1) is 17.2. The zero-order valence-electron chi connectivity index (χ0n) is 15.1. The van der Waals surface area contributed by atoms with E-state index in [1.54, 1.807) is 11.8 Å². The van der Waals surface area contributed by atoms with Gasteiger partial charge in [-0.2, -0.15) is 0 Å². The van der Waals surface area contributed by atoms with Crippen molar-refractivity contribution in [2.75, 3.05) is 18.8 Å². The zero-order valence-corrected chi connectivity index (χ0v) is 15.9. The number of benzene rings is 2. The maximum Gasteiger partial charge on any atom is 0.232 e. The molecule has 0 atom stereocenters. The number of thioether (sulfide) groups is 1. The Morgan fingerprint density at radius 2 is 1.85 bits per heavy atom. The SMILES string of the molecule is Cc1ccc(SCC(=O)N2CCC(c3c[nH]c4ccccc34)CC2)cc1. The van der Waals surface area contributed by atoms with E-state index in [0.717, 1.165) is 30.8 Å². The number of carbonyl (C=O) groups is 1. The smallest absolute Gasteiger partial charge is 0.232 e. The van der Waals surface area contributed by atoms with Gasteiger partial charge >= 0.3 is 0 Å². The van der Waals surface area contributed by atoms with Crippen molar-refractivity contribution >= 4 is 28.6 Å². The monoisotopic (exact) mass is 364 g/mol. The molecule has 0 radical (unpaired) electrons. The van der Waals surface area contributed by atoms with Gasteiger partial charge in [-0.1, -0.05) is 35.9 Å². The van der Waals surface area contributed by atoms with Gasteiger partial charge in [0.05, 0.1) is 5.75 Å². The second-order valence-electron chi connectivity index (χ2n) is 7.05. The number of likely N-dealkylation sites (tertiary alicyclic amines) is 1. The average Bonchev–Trinajstić information content (AvgIpc) is 3.11. The Morgan fingerprint density at radius 3 is 2.62 bits per heavy atom. The van der Waals surface area contributed by atoms with Crippen molar-refractivity contribution in [1.29, 1.82) is 0 Å². The van der Waals surface area contributed by atoms with Gasteiger partial charge in [-0.3, -0.25) is 4.79 Å². The fourth-order valence-electron chi connectivity index (χ4n) is 3.74. The molecule has 3 nitrogen and oxygen atoms in total. The van der Waals surface area contributed by atoms with Crippen LogP contribution in [0.15, 0.2) is 59.6 Å². The molecule has 0 aliphatic carbocycles. The predicted molar refractivity (Wildman–Crippen MR) is 109 cm³/mol. The molecule has 0 bridgehead atoms. The summed E-state index contributed by atoms with van der Waals surface area (Å²) in [5.41, 5.74) is 3.86. The van der Waals surface area contributed by atoms with Gasteiger partial charge in [0.1, 0.15) is 0 Å². The minimum Gasteiger partial charge on any atom is -0.361 e. The first-order valence-electron chi connectivity index (χ1n) is 9.24. The molecule has 4 heteroatoms. The Labute approximate surface area is 158 Å². The average molecular weight is 365 g/mol. The Morgan fingerprint density at radius 1 is 1.12 bits per heavy atom. The number of piperidine rings is 1. The number of nitrogens with zero attached hydrogens (tertiary/aromatic N) is 1. The van der Waals surface area contributed by atoms with Gasteiger partial charge in [-0.05, 0) is 49.4 Å². The molecule has 3 aromatic rings. The third-order valence-corrected chi connectivity index (χ3v) is 6.29. The van der Waals surface area contributed by atoms with Gasteiger partial charge in [0.15, 0.2) is 0 Å². The van der Waals surface area contributed by atoms with Crippen LogP contribution in [-0.2, 0) is 4.79 Å². The molecule has 1 aromatic heterocycles. The van der Waals surface area contributed by atoms with Crippen LogP contribution in [-0.4, -0.2) is 34.6 Å². The molecule has 2 heterocycles. The number of hydrogen-bond donors (Lipinski definition) is 1. The molecule has 1 aliphatic heterocycles. The molecule has 2 aromatic carbocycles. The minimum atomic E-state index is 0.257. The molecule has 4 rings (SSSR count). The van der Waals surface area contributed by atoms with Crippen LogP contribution in [0.25, 0.3) is 10.9 Å². The van der Waals surface area contributed by atoms with Crippen molar-refractivity contribution in [1.82, 2.24) is 9.88 Å². The van der Waals surface area contributed by atoms with E-state index < -0.39 is 0 Å². The minimum absolute atomic E-state index is 0.257. The highest BCUT2D eigenvalue weighted by molar-refractivity contribution is 8.00. The molecular formula is C22H24N2OS. The molecule has 0 spiro atoms. The van der Waals surface area contributed by atoms with Gasteiger partial charge in [0.25, 0.3) is 0 Å². The van der Waals surface area contributed by atoms with Crippen LogP contribution in [0, 0.1) is 6.92 Å². The number of aromatic nitrogens is 1. The highest BCUT2D eigenvalue weighted by atomic mass is 32.2. The first-order valence-corrected chi connectivity index (χ1v) is 10.2. The van der Waals surface area contributed by atoms with E-state index in [1.807, 2.05) is 4.90 Å². The van der Waals surface area contributed by atoms with E-state index in [2.05, 4.69) is 66.6 Å². The number of H-pyrrole nitrogens is 1. The van der Waals surface area contributed by atoms with E-state index >= 15 is 0 Å². The lowest BCUT2D eigenvalue weighted by molar-refractivity contribution is -0.129. The largest absolute Gasteiger partial charge is 0.361 e. The number of amides is 1. The maximum absolute atomic E-state index is 12.5. The number of carbonyl (C=O) groups excluding carboxylic acids is 1. The number of rotatable bonds is 4. The zero-order chi connectivity index (χ0) is 17.9. The summed E-state index contributed by atoms with van der Waals surface area (Å²) in [6.07, 6.45) is 4.24. The van der Waals surface area contributed by atoms with E-state index in [1.165, 1.54) is 22.0 Å². The maximum atomic E-state index is 12.5. The molecule has 1 saturated heterocycles. The molecule has 1 fully saturated rings. The van der Waals surface area contributed by atoms with Crippen molar-refractivity contribution in [2.45, 2.75) is 30.6 Å². The summed E-state index contributed by atoms with van der Waals surface area (Å²) < 4.78 is 0. The Balaban J connectivity index is 1.33. The number of aromatic amines is 1. The Kier molecular flexibility index (Phi) is 5.02. The number of hydrogen-bond acceptors (Lipinski definition) is 2. The summed E-state index contributed by atoms with van der Waals surface area (Å²) in [5, 5.41) is 1.33. The van der Waals surface area contributed by atoms with Gasteiger partial charge in [-0.25, -0.2) is 0 Å². The molecule has 1 N–H and O–H groups in total. The molecule has 1 amide bonds. The van der Waals surface area contributed by atoms with Gasteiger partial charge in [0.2, 0.25) is 5.91 Å². The number of fused-ring (bicyclic) bond motifs is 1. The van der Waals surface area contributed by atoms with Crippen LogP contribution in [0.5, 0.6) is 0 Å². The third kappa shape index (κ3) is 3.65. The number of nitrogens with one attached hydrogen (secondary N) is 1. The number of aryl methyl sites for hydroxylation is 1. The fraction of sp³-hybridized carbons (Fsp3) is 0.318. The molecule has 26 heavy (non-hydrogen) atoms. The third-order valence-electron chi connectivity index (χ3n) is 5.29. The van der Waals surface area contributed by atoms with Gasteiger partial charge in [-0.15, -0.1) is 11.8 Å². The van der Waals surface area contributed by atoms with Gasteiger partial charge < -0.3 is 9.88 Å². The lowest BCUT2D eigenvalue weighted by Crippen LogP contribution is -2.38. The van der Waals surface area contributed by atoms with Crippen molar-refractivity contribution in [3.63, 3.8) is 0 Å². The van der Waals surface area contributed by atoms with Crippen LogP contribution in [0.4, 0.5) is 0 Å². The molecule has 1 aliphatic rings. The predicted octanol–water partition coefficient (Wildman–Crippen LogP) is 4.97. The normalized spacial score (nSPS) is 15.5. The summed E-state index contributed by atoms with van der Waals surface area (Å²) in [7, 11) is 0. The summed E-state index contributed by atoms with van der Waals surface area (Å²) in [6, 6.07) is 16.9. The summed E-state index contributed by atoms with van der Waals surface area (Å²) in [4.78, 5) is 19.1. The number of para-hydroxylation sites is 1. The summed E-state index contributed by atoms with van der Waals surface area (Å²) in [6.45, 7) is 3.80. The van der Waals surface area contributed by atoms with Crippen molar-refractivity contribution in [2.24, 2.45) is 0 Å². The van der Waals surface area contributed by atoms with Gasteiger partial charge in [0, 0.05) is 35.1 Å². The molecule has 134 valence electrons. The van der Waals surface area contributed by atoms with Crippen molar-refractivity contribution in [3.8, 4) is 0 Å². The van der Waals surface area contributed by atoms with Crippen LogP contribution >= 0.6 is 11.8 Å². The van der Waals surface area contributed by atoms with Crippen molar-refractivity contribution in [3.05, 3.63) is 65.9 Å². The van der Waals surface area contributed by atoms with E-state index in [4.69, 9.17) is 0 Å². The van der Waals surface area contributed by atoms with Crippen molar-refractivity contribution < 1.29 is 4.79 Å². The van der Waals surface area contributed by atoms with Crippen LogP contribution in [0.3, 0.4) is 0 Å². The summed E-state index contributed by atoms with van der Waals surface area (Å²) in [5.74, 6) is 1.33. The lowest BCUT2D eigenvalue weighted by atomic mass is 9.89. The highest BCUT2D eigenvalue weighted by Crippen LogP contribution is 2.33. The molecule has 0 saturated carbocycles. The van der Waals surface area contributed by atoms with E-state index in [-0.39, 0.29) is 5.91 Å². The van der Waals surface area contributed by atoms with E-state index in [9.17, 15) is 4.79 Å². The second-order valence-corrected chi connectivity index (χ2v) is 8.10. The molecule has 0 unspecified atom stereocenters. The molecular weight excluding hydrogens is 340 g/mol. The highest BCUT2D eigenvalue weighted by Gasteiger charge is 2.25. The van der Waals surface area contributed by atoms with E-state index in [0.29, 0.717) is 11.7 Å². The van der Waals surface area contributed by atoms with Crippen LogP contribution in [0.1, 0.15) is 29.9 Å². The topological polar surface area (TPSA) is 36.1 Å². The van der Waals surface area contributed by atoms with Crippen LogP contribution in [0.2, 0.25) is 0 Å². The quantitative estimate of drug-likeness (QED) is 0.663. The lowest BCUT2D eigenvalue weighted by Gasteiger charge is -2.32. The Hall–Kier alpha value is -2.20. The fourth-order valence-corrected chi connectivity index (χ4v) is 4.54.